The number of hydrogen-bond donors (Lipinski definition) is 1. The summed E-state index contributed by atoms with van der Waals surface area (Å²) < 4.78 is 7.79. The molecule has 0 bridgehead atoms. The lowest BCUT2D eigenvalue weighted by Crippen LogP contribution is -2.17. The third kappa shape index (κ3) is 4.25. The van der Waals surface area contributed by atoms with Crippen LogP contribution in [0.2, 0.25) is 0 Å². The van der Waals surface area contributed by atoms with Crippen molar-refractivity contribution in [3.8, 4) is 11.5 Å². The maximum absolute atomic E-state index is 5.69. The second kappa shape index (κ2) is 7.35. The average molecular weight is 436 g/mol. The molecule has 0 saturated carbocycles. The van der Waals surface area contributed by atoms with E-state index >= 15 is 0 Å². The zero-order chi connectivity index (χ0) is 13.7. The van der Waals surface area contributed by atoms with Crippen molar-refractivity contribution in [2.75, 3.05) is 13.1 Å². The van der Waals surface area contributed by atoms with Crippen molar-refractivity contribution in [3.63, 3.8) is 0 Å². The molecule has 1 N–H and O–H groups in total. The maximum atomic E-state index is 5.69. The summed E-state index contributed by atoms with van der Waals surface area (Å²) in [6, 6.07) is 6.04. The third-order valence-corrected chi connectivity index (χ3v) is 3.93. The summed E-state index contributed by atoms with van der Waals surface area (Å²) in [5.74, 6) is 1.24. The molecule has 6 heteroatoms. The summed E-state index contributed by atoms with van der Waals surface area (Å²) in [4.78, 5) is 0. The minimum atomic E-state index is 0.566. The molecule has 19 heavy (non-hydrogen) atoms. The van der Waals surface area contributed by atoms with Gasteiger partial charge in [0.15, 0.2) is 0 Å². The monoisotopic (exact) mass is 435 g/mol. The number of nitrogens with one attached hydrogen (secondary N) is 1. The van der Waals surface area contributed by atoms with Crippen molar-refractivity contribution in [2.24, 2.45) is 0 Å². The molecule has 102 valence electrons. The topological polar surface area (TPSA) is 51.0 Å². The number of rotatable bonds is 6. The van der Waals surface area contributed by atoms with Gasteiger partial charge in [-0.2, -0.15) is 0 Å². The summed E-state index contributed by atoms with van der Waals surface area (Å²) in [5, 5.41) is 11.5. The first-order chi connectivity index (χ1) is 9.20. The van der Waals surface area contributed by atoms with Gasteiger partial charge in [0.05, 0.1) is 5.56 Å². The summed E-state index contributed by atoms with van der Waals surface area (Å²) in [6.07, 6.45) is 1.89. The highest BCUT2D eigenvalue weighted by atomic mass is 127. The van der Waals surface area contributed by atoms with Crippen LogP contribution in [-0.2, 0) is 6.42 Å². The van der Waals surface area contributed by atoms with E-state index in [4.69, 9.17) is 4.42 Å². The van der Waals surface area contributed by atoms with Crippen LogP contribution in [-0.4, -0.2) is 23.3 Å². The molecular formula is C13H15BrIN3O. The fourth-order valence-corrected chi connectivity index (χ4v) is 2.53. The third-order valence-electron chi connectivity index (χ3n) is 2.57. The molecule has 0 spiro atoms. The van der Waals surface area contributed by atoms with Gasteiger partial charge in [0.2, 0.25) is 11.8 Å². The van der Waals surface area contributed by atoms with Crippen molar-refractivity contribution >= 4 is 38.5 Å². The highest BCUT2D eigenvalue weighted by molar-refractivity contribution is 14.1. The van der Waals surface area contributed by atoms with Crippen LogP contribution >= 0.6 is 38.5 Å². The van der Waals surface area contributed by atoms with Crippen LogP contribution in [0.15, 0.2) is 27.1 Å². The van der Waals surface area contributed by atoms with Gasteiger partial charge in [0, 0.05) is 21.0 Å². The van der Waals surface area contributed by atoms with Crippen molar-refractivity contribution in [3.05, 3.63) is 32.1 Å². The van der Waals surface area contributed by atoms with E-state index in [-0.39, 0.29) is 0 Å². The predicted molar refractivity (Wildman–Crippen MR) is 87.0 cm³/mol. The zero-order valence-corrected chi connectivity index (χ0v) is 14.4. The van der Waals surface area contributed by atoms with Gasteiger partial charge >= 0.3 is 0 Å². The fraction of sp³-hybridized carbons (Fsp3) is 0.385. The SMILES string of the molecule is CCCNCCc1nnc(-c2cc(I)ccc2Br)o1. The Morgan fingerprint density at radius 1 is 1.32 bits per heavy atom. The molecule has 4 nitrogen and oxygen atoms in total. The van der Waals surface area contributed by atoms with Crippen LogP contribution < -0.4 is 5.32 Å². The lowest BCUT2D eigenvalue weighted by Gasteiger charge is -2.00. The van der Waals surface area contributed by atoms with E-state index < -0.39 is 0 Å². The number of benzene rings is 1. The lowest BCUT2D eigenvalue weighted by molar-refractivity contribution is 0.494. The van der Waals surface area contributed by atoms with Crippen LogP contribution in [0.4, 0.5) is 0 Å². The molecule has 0 atom stereocenters. The quantitative estimate of drug-likeness (QED) is 0.555. The Morgan fingerprint density at radius 2 is 2.16 bits per heavy atom. The first-order valence-corrected chi connectivity index (χ1v) is 8.06. The molecule has 2 aromatic rings. The Bertz CT molecular complexity index is 544. The largest absolute Gasteiger partial charge is 0.421 e. The Kier molecular flexibility index (Phi) is 5.77. The van der Waals surface area contributed by atoms with E-state index in [9.17, 15) is 0 Å². The molecule has 0 aliphatic heterocycles. The highest BCUT2D eigenvalue weighted by Gasteiger charge is 2.11. The number of hydrogen-bond acceptors (Lipinski definition) is 4. The summed E-state index contributed by atoms with van der Waals surface area (Å²) in [6.45, 7) is 4.03. The van der Waals surface area contributed by atoms with Gasteiger partial charge in [0.25, 0.3) is 0 Å². The average Bonchev–Trinajstić information content (AvgIpc) is 2.86. The van der Waals surface area contributed by atoms with Gasteiger partial charge in [-0.15, -0.1) is 10.2 Å². The van der Waals surface area contributed by atoms with Gasteiger partial charge in [-0.05, 0) is 69.7 Å². The Balaban J connectivity index is 2.06. The van der Waals surface area contributed by atoms with Crippen LogP contribution in [0.5, 0.6) is 0 Å². The van der Waals surface area contributed by atoms with Crippen molar-refractivity contribution in [1.29, 1.82) is 0 Å². The second-order valence-electron chi connectivity index (χ2n) is 4.13. The predicted octanol–water partition coefficient (Wildman–Crippen LogP) is 3.65. The van der Waals surface area contributed by atoms with E-state index in [2.05, 4.69) is 61.0 Å². The summed E-state index contributed by atoms with van der Waals surface area (Å²) in [7, 11) is 0. The van der Waals surface area contributed by atoms with E-state index in [0.717, 1.165) is 39.5 Å². The Morgan fingerprint density at radius 3 is 2.95 bits per heavy atom. The van der Waals surface area contributed by atoms with Crippen LogP contribution in [0.25, 0.3) is 11.5 Å². The summed E-state index contributed by atoms with van der Waals surface area (Å²) in [5.41, 5.74) is 0.937. The molecule has 0 unspecified atom stereocenters. The normalized spacial score (nSPS) is 10.9. The van der Waals surface area contributed by atoms with Crippen molar-refractivity contribution < 1.29 is 4.42 Å². The Labute approximate surface area is 134 Å². The van der Waals surface area contributed by atoms with Crippen molar-refractivity contribution in [2.45, 2.75) is 19.8 Å². The Hall–Kier alpha value is -0.470. The van der Waals surface area contributed by atoms with E-state index in [1.54, 1.807) is 0 Å². The minimum absolute atomic E-state index is 0.566. The molecular weight excluding hydrogens is 421 g/mol. The minimum Gasteiger partial charge on any atom is -0.421 e. The summed E-state index contributed by atoms with van der Waals surface area (Å²) >= 11 is 5.77. The van der Waals surface area contributed by atoms with Crippen LogP contribution in [0.3, 0.4) is 0 Å². The molecule has 1 heterocycles. The standard InChI is InChI=1S/C13H15BrIN3O/c1-2-6-16-7-5-12-17-18-13(19-12)10-8-9(15)3-4-11(10)14/h3-4,8,16H,2,5-7H2,1H3. The van der Waals surface area contributed by atoms with Gasteiger partial charge in [-0.1, -0.05) is 6.92 Å². The van der Waals surface area contributed by atoms with E-state index in [1.807, 2.05) is 18.2 Å². The second-order valence-corrected chi connectivity index (χ2v) is 6.23. The molecule has 1 aromatic heterocycles. The highest BCUT2D eigenvalue weighted by Crippen LogP contribution is 2.28. The van der Waals surface area contributed by atoms with Crippen molar-refractivity contribution in [1.82, 2.24) is 15.5 Å². The van der Waals surface area contributed by atoms with Gasteiger partial charge < -0.3 is 9.73 Å². The molecule has 2 rings (SSSR count). The molecule has 0 radical (unpaired) electrons. The molecule has 0 aliphatic carbocycles. The van der Waals surface area contributed by atoms with Crippen LogP contribution in [0, 0.1) is 3.57 Å². The molecule has 0 amide bonds. The number of aromatic nitrogens is 2. The maximum Gasteiger partial charge on any atom is 0.248 e. The molecule has 1 aromatic carbocycles. The molecule has 0 aliphatic rings. The van der Waals surface area contributed by atoms with Gasteiger partial charge in [0.1, 0.15) is 0 Å². The zero-order valence-electron chi connectivity index (χ0n) is 10.6. The van der Waals surface area contributed by atoms with Gasteiger partial charge in [-0.25, -0.2) is 0 Å². The lowest BCUT2D eigenvalue weighted by atomic mass is 10.2. The fourth-order valence-electron chi connectivity index (χ4n) is 1.62. The smallest absolute Gasteiger partial charge is 0.248 e. The van der Waals surface area contributed by atoms with E-state index in [0.29, 0.717) is 11.8 Å². The molecule has 0 fully saturated rings. The van der Waals surface area contributed by atoms with Crippen LogP contribution in [0.1, 0.15) is 19.2 Å². The number of nitrogens with zero attached hydrogens (tertiary/aromatic N) is 2. The first-order valence-electron chi connectivity index (χ1n) is 6.19. The van der Waals surface area contributed by atoms with E-state index in [1.165, 1.54) is 0 Å². The first kappa shape index (κ1) is 14.9. The molecule has 0 saturated heterocycles. The van der Waals surface area contributed by atoms with Gasteiger partial charge in [-0.3, -0.25) is 0 Å². The number of halogens is 2.